The lowest BCUT2D eigenvalue weighted by atomic mass is 9.87. The van der Waals surface area contributed by atoms with E-state index in [0.717, 1.165) is 30.2 Å². The predicted molar refractivity (Wildman–Crippen MR) is 95.3 cm³/mol. The van der Waals surface area contributed by atoms with Gasteiger partial charge in [0.05, 0.1) is 10.7 Å². The van der Waals surface area contributed by atoms with Crippen LogP contribution in [0.25, 0.3) is 0 Å². The van der Waals surface area contributed by atoms with Crippen LogP contribution >= 0.6 is 11.6 Å². The van der Waals surface area contributed by atoms with Crippen LogP contribution in [-0.4, -0.2) is 39.1 Å². The fourth-order valence-electron chi connectivity index (χ4n) is 3.29. The molecule has 0 amide bonds. The first kappa shape index (κ1) is 15.4. The van der Waals surface area contributed by atoms with Gasteiger partial charge in [0.25, 0.3) is 0 Å². The van der Waals surface area contributed by atoms with Gasteiger partial charge in [0.1, 0.15) is 0 Å². The molecule has 0 N–H and O–H groups in total. The van der Waals surface area contributed by atoms with E-state index in [1.807, 2.05) is 14.1 Å². The third-order valence-electron chi connectivity index (χ3n) is 4.52. The Morgan fingerprint density at radius 2 is 1.86 bits per heavy atom. The van der Waals surface area contributed by atoms with Gasteiger partial charge in [-0.25, -0.2) is 0 Å². The minimum Gasteiger partial charge on any atom is -0.376 e. The number of benzene rings is 2. The number of nitrogens with zero attached hydrogens (tertiary/aromatic N) is 2. The first-order valence-corrected chi connectivity index (χ1v) is 8.17. The maximum Gasteiger partial charge on any atom is 0.0642 e. The van der Waals surface area contributed by atoms with E-state index >= 15 is 0 Å². The highest BCUT2D eigenvalue weighted by molar-refractivity contribution is 6.33. The van der Waals surface area contributed by atoms with E-state index in [0.29, 0.717) is 5.92 Å². The fraction of sp³-hybridized carbons (Fsp3) is 0.368. The largest absolute Gasteiger partial charge is 0.376 e. The quantitative estimate of drug-likeness (QED) is 0.826. The summed E-state index contributed by atoms with van der Waals surface area (Å²) < 4.78 is 0. The normalized spacial score (nSPS) is 18.6. The molecule has 2 aromatic rings. The van der Waals surface area contributed by atoms with Gasteiger partial charge < -0.3 is 9.80 Å². The van der Waals surface area contributed by atoms with E-state index in [-0.39, 0.29) is 0 Å². The maximum absolute atomic E-state index is 6.48. The second kappa shape index (κ2) is 6.31. The minimum atomic E-state index is 0.402. The Bertz CT molecular complexity index is 652. The minimum absolute atomic E-state index is 0.402. The first-order valence-electron chi connectivity index (χ1n) is 7.79. The first-order chi connectivity index (χ1) is 10.6. The van der Waals surface area contributed by atoms with Gasteiger partial charge in [-0.2, -0.15) is 0 Å². The van der Waals surface area contributed by atoms with Crippen LogP contribution in [0.2, 0.25) is 5.02 Å². The van der Waals surface area contributed by atoms with E-state index in [4.69, 9.17) is 11.6 Å². The smallest absolute Gasteiger partial charge is 0.0642 e. The number of likely N-dealkylation sites (N-methyl/N-ethyl adjacent to an activating group) is 1. The average molecular weight is 315 g/mol. The van der Waals surface area contributed by atoms with Crippen LogP contribution in [-0.2, 0) is 6.42 Å². The lowest BCUT2D eigenvalue weighted by molar-refractivity contribution is 0.338. The number of anilines is 1. The molecule has 0 radical (unpaired) electrons. The van der Waals surface area contributed by atoms with Crippen molar-refractivity contribution in [3.8, 4) is 0 Å². The summed E-state index contributed by atoms with van der Waals surface area (Å²) in [6.07, 6.45) is 1.06. The molecule has 1 atom stereocenters. The fourth-order valence-corrected chi connectivity index (χ4v) is 3.64. The third kappa shape index (κ3) is 2.99. The molecule has 0 aliphatic carbocycles. The van der Waals surface area contributed by atoms with Crippen molar-refractivity contribution in [2.24, 2.45) is 0 Å². The second-order valence-electron chi connectivity index (χ2n) is 6.37. The van der Waals surface area contributed by atoms with Gasteiger partial charge >= 0.3 is 0 Å². The van der Waals surface area contributed by atoms with E-state index < -0.39 is 0 Å². The number of fused-ring (bicyclic) bond motifs is 1. The van der Waals surface area contributed by atoms with Crippen LogP contribution in [0.3, 0.4) is 0 Å². The van der Waals surface area contributed by atoms with Crippen molar-refractivity contribution in [2.75, 3.05) is 39.1 Å². The van der Waals surface area contributed by atoms with Gasteiger partial charge in [-0.05, 0) is 42.3 Å². The van der Waals surface area contributed by atoms with Crippen molar-refractivity contribution in [1.82, 2.24) is 4.90 Å². The zero-order chi connectivity index (χ0) is 15.7. The standard InChI is InChI=1S/C19H23ClN2/c1-21(2)19-12-16-15(11-18(19)20)9-10-22(3)13-17(16)14-7-5-4-6-8-14/h4-8,11-12,17H,9-10,13H2,1-3H3/t17-/m1/s1. The van der Waals surface area contributed by atoms with Gasteiger partial charge in [-0.1, -0.05) is 41.9 Å². The lowest BCUT2D eigenvalue weighted by Gasteiger charge is -2.24. The van der Waals surface area contributed by atoms with Gasteiger partial charge in [-0.15, -0.1) is 0 Å². The predicted octanol–water partition coefficient (Wildman–Crippen LogP) is 4.03. The SMILES string of the molecule is CN1CCc2cc(Cl)c(N(C)C)cc2[C@@H](c2ccccc2)C1. The van der Waals surface area contributed by atoms with Crippen molar-refractivity contribution in [2.45, 2.75) is 12.3 Å². The van der Waals surface area contributed by atoms with E-state index in [1.54, 1.807) is 0 Å². The Morgan fingerprint density at radius 3 is 2.55 bits per heavy atom. The van der Waals surface area contributed by atoms with Gasteiger partial charge in [0, 0.05) is 33.1 Å². The molecular formula is C19H23ClN2. The van der Waals surface area contributed by atoms with Crippen molar-refractivity contribution < 1.29 is 0 Å². The van der Waals surface area contributed by atoms with Gasteiger partial charge in [-0.3, -0.25) is 0 Å². The maximum atomic E-state index is 6.48. The van der Waals surface area contributed by atoms with Crippen molar-refractivity contribution >= 4 is 17.3 Å². The molecule has 0 unspecified atom stereocenters. The zero-order valence-corrected chi connectivity index (χ0v) is 14.3. The molecule has 2 aromatic carbocycles. The van der Waals surface area contributed by atoms with Crippen LogP contribution in [0.4, 0.5) is 5.69 Å². The topological polar surface area (TPSA) is 6.48 Å². The van der Waals surface area contributed by atoms with Crippen LogP contribution in [0.1, 0.15) is 22.6 Å². The average Bonchev–Trinajstić information content (AvgIpc) is 2.66. The van der Waals surface area contributed by atoms with Crippen molar-refractivity contribution in [3.05, 3.63) is 64.2 Å². The zero-order valence-electron chi connectivity index (χ0n) is 13.5. The third-order valence-corrected chi connectivity index (χ3v) is 4.83. The molecule has 0 bridgehead atoms. The van der Waals surface area contributed by atoms with Gasteiger partial charge in [0.15, 0.2) is 0 Å². The molecule has 0 fully saturated rings. The summed E-state index contributed by atoms with van der Waals surface area (Å²) >= 11 is 6.48. The number of halogens is 1. The summed E-state index contributed by atoms with van der Waals surface area (Å²) in [6.45, 7) is 2.12. The van der Waals surface area contributed by atoms with Gasteiger partial charge in [0.2, 0.25) is 0 Å². The van der Waals surface area contributed by atoms with E-state index in [2.05, 4.69) is 59.3 Å². The Balaban J connectivity index is 2.14. The Kier molecular flexibility index (Phi) is 4.42. The summed E-state index contributed by atoms with van der Waals surface area (Å²) in [5.41, 5.74) is 5.29. The van der Waals surface area contributed by atoms with E-state index in [9.17, 15) is 0 Å². The lowest BCUT2D eigenvalue weighted by Crippen LogP contribution is -2.24. The molecule has 0 saturated carbocycles. The Labute approximate surface area is 138 Å². The molecule has 2 nitrogen and oxygen atoms in total. The van der Waals surface area contributed by atoms with E-state index in [1.165, 1.54) is 16.7 Å². The summed E-state index contributed by atoms with van der Waals surface area (Å²) in [5, 5.41) is 0.847. The van der Waals surface area contributed by atoms with Crippen molar-refractivity contribution in [3.63, 3.8) is 0 Å². The highest BCUT2D eigenvalue weighted by atomic mass is 35.5. The van der Waals surface area contributed by atoms with Crippen LogP contribution in [0, 0.1) is 0 Å². The summed E-state index contributed by atoms with van der Waals surface area (Å²) in [5.74, 6) is 0.402. The molecule has 3 heteroatoms. The van der Waals surface area contributed by atoms with Crippen LogP contribution in [0.15, 0.2) is 42.5 Å². The molecular weight excluding hydrogens is 292 g/mol. The summed E-state index contributed by atoms with van der Waals surface area (Å²) in [6, 6.07) is 15.3. The van der Waals surface area contributed by atoms with Crippen molar-refractivity contribution in [1.29, 1.82) is 0 Å². The molecule has 3 rings (SSSR count). The Morgan fingerprint density at radius 1 is 1.14 bits per heavy atom. The molecule has 0 aromatic heterocycles. The highest BCUT2D eigenvalue weighted by Gasteiger charge is 2.24. The molecule has 1 aliphatic heterocycles. The molecule has 1 aliphatic rings. The molecule has 22 heavy (non-hydrogen) atoms. The molecule has 1 heterocycles. The molecule has 0 saturated heterocycles. The monoisotopic (exact) mass is 314 g/mol. The molecule has 116 valence electrons. The van der Waals surface area contributed by atoms with Crippen LogP contribution < -0.4 is 4.90 Å². The number of rotatable bonds is 2. The number of hydrogen-bond donors (Lipinski definition) is 0. The summed E-state index contributed by atoms with van der Waals surface area (Å²) in [7, 11) is 6.30. The Hall–Kier alpha value is -1.51. The number of hydrogen-bond acceptors (Lipinski definition) is 2. The molecule has 0 spiro atoms. The second-order valence-corrected chi connectivity index (χ2v) is 6.78. The van der Waals surface area contributed by atoms with Crippen LogP contribution in [0.5, 0.6) is 0 Å². The highest BCUT2D eigenvalue weighted by Crippen LogP contribution is 2.37. The summed E-state index contributed by atoms with van der Waals surface area (Å²) in [4.78, 5) is 4.51.